The van der Waals surface area contributed by atoms with Crippen LogP contribution in [0.2, 0.25) is 0 Å². The smallest absolute Gasteiger partial charge is 0.0928 e. The van der Waals surface area contributed by atoms with E-state index in [1.54, 1.807) is 0 Å². The van der Waals surface area contributed by atoms with Crippen LogP contribution in [0.15, 0.2) is 60.7 Å². The average Bonchev–Trinajstić information content (AvgIpc) is 2.69. The van der Waals surface area contributed by atoms with Crippen LogP contribution >= 0.6 is 0 Å². The zero-order chi connectivity index (χ0) is 17.5. The topological polar surface area (TPSA) is 23.8 Å². The van der Waals surface area contributed by atoms with Gasteiger partial charge in [0.15, 0.2) is 0 Å². The number of nitriles is 1. The van der Waals surface area contributed by atoms with E-state index in [1.165, 1.54) is 11.1 Å². The molecule has 0 bridgehead atoms. The van der Waals surface area contributed by atoms with Crippen molar-refractivity contribution in [1.82, 2.24) is 0 Å². The maximum Gasteiger partial charge on any atom is 0.0928 e. The average molecular weight is 335 g/mol. The fourth-order valence-corrected chi connectivity index (χ4v) is 4.15. The van der Waals surface area contributed by atoms with Crippen molar-refractivity contribution < 1.29 is 4.39 Å². The molecule has 0 aromatic heterocycles. The zero-order valence-electron chi connectivity index (χ0n) is 14.7. The van der Waals surface area contributed by atoms with Crippen molar-refractivity contribution in [3.05, 3.63) is 66.3 Å². The molecule has 0 aliphatic heterocycles. The summed E-state index contributed by atoms with van der Waals surface area (Å²) in [4.78, 5) is 0. The molecule has 0 amide bonds. The first-order chi connectivity index (χ1) is 12.3. The summed E-state index contributed by atoms with van der Waals surface area (Å²) in [7, 11) is 0. The van der Waals surface area contributed by atoms with Crippen LogP contribution in [-0.2, 0) is 0 Å². The van der Waals surface area contributed by atoms with Crippen molar-refractivity contribution in [2.45, 2.75) is 38.5 Å². The summed E-state index contributed by atoms with van der Waals surface area (Å²) in [5.41, 5.74) is 2.08. The highest BCUT2D eigenvalue weighted by Crippen LogP contribution is 2.46. The Hall–Kier alpha value is -2.14. The van der Waals surface area contributed by atoms with Gasteiger partial charge in [-0.2, -0.15) is 5.26 Å². The van der Waals surface area contributed by atoms with Crippen LogP contribution in [0.4, 0.5) is 4.39 Å². The molecule has 2 aliphatic carbocycles. The summed E-state index contributed by atoms with van der Waals surface area (Å²) in [6.45, 7) is -0.274. The largest absolute Gasteiger partial charge is 0.251 e. The van der Waals surface area contributed by atoms with Crippen LogP contribution in [0.3, 0.4) is 0 Å². The van der Waals surface area contributed by atoms with Gasteiger partial charge in [0, 0.05) is 0 Å². The lowest BCUT2D eigenvalue weighted by atomic mass is 9.64. The molecule has 0 heterocycles. The molecule has 3 rings (SSSR count). The van der Waals surface area contributed by atoms with Crippen LogP contribution in [0, 0.1) is 28.6 Å². The number of nitrogens with zero attached hydrogens (tertiary/aromatic N) is 1. The third kappa shape index (κ3) is 4.10. The van der Waals surface area contributed by atoms with Gasteiger partial charge in [-0.15, -0.1) is 0 Å². The molecule has 130 valence electrons. The maximum absolute atomic E-state index is 12.2. The molecular formula is C23H26FN. The van der Waals surface area contributed by atoms with E-state index < -0.39 is 0 Å². The standard InChI is InChI=1S/C23H26FN/c24-17-5-4-6-19-9-11-22(12-10-19)23(18-25)15-13-21(14-16-23)20-7-2-1-3-8-20/h1-4,6-8,13-15,19,22H,5,9-12,16-17H2/b6-4+. The fourth-order valence-electron chi connectivity index (χ4n) is 4.15. The Balaban J connectivity index is 1.64. The molecule has 0 N–H and O–H groups in total. The van der Waals surface area contributed by atoms with E-state index in [9.17, 15) is 9.65 Å². The lowest BCUT2D eigenvalue weighted by Gasteiger charge is -2.38. The number of halogens is 1. The SMILES string of the molecule is N#CC1(C2CCC(/C=C/CCF)CC2)C=CC(c2ccccc2)=CC1. The molecule has 2 heteroatoms. The number of allylic oxidation sites excluding steroid dienone is 6. The highest BCUT2D eigenvalue weighted by atomic mass is 19.1. The van der Waals surface area contributed by atoms with Crippen LogP contribution in [-0.4, -0.2) is 6.67 Å². The van der Waals surface area contributed by atoms with Gasteiger partial charge in [0.2, 0.25) is 0 Å². The second kappa shape index (κ2) is 8.30. The van der Waals surface area contributed by atoms with Gasteiger partial charge in [0.25, 0.3) is 0 Å². The Morgan fingerprint density at radius 3 is 2.52 bits per heavy atom. The summed E-state index contributed by atoms with van der Waals surface area (Å²) >= 11 is 0. The summed E-state index contributed by atoms with van der Waals surface area (Å²) in [6.07, 6.45) is 16.4. The summed E-state index contributed by atoms with van der Waals surface area (Å²) in [5.74, 6) is 0.981. The van der Waals surface area contributed by atoms with Gasteiger partial charge in [-0.1, -0.05) is 60.7 Å². The van der Waals surface area contributed by atoms with E-state index >= 15 is 0 Å². The molecule has 1 aromatic carbocycles. The molecule has 1 atom stereocenters. The highest BCUT2D eigenvalue weighted by molar-refractivity contribution is 5.75. The first kappa shape index (κ1) is 17.7. The minimum atomic E-state index is -0.355. The third-order valence-electron chi connectivity index (χ3n) is 5.72. The molecule has 1 unspecified atom stereocenters. The monoisotopic (exact) mass is 335 g/mol. The highest BCUT2D eigenvalue weighted by Gasteiger charge is 2.39. The predicted molar refractivity (Wildman–Crippen MR) is 101 cm³/mol. The van der Waals surface area contributed by atoms with Crippen molar-refractivity contribution in [2.24, 2.45) is 17.3 Å². The molecular weight excluding hydrogens is 309 g/mol. The zero-order valence-corrected chi connectivity index (χ0v) is 14.7. The van der Waals surface area contributed by atoms with Crippen LogP contribution < -0.4 is 0 Å². The Morgan fingerprint density at radius 1 is 1.16 bits per heavy atom. The maximum atomic E-state index is 12.2. The van der Waals surface area contributed by atoms with Crippen LogP contribution in [0.5, 0.6) is 0 Å². The van der Waals surface area contributed by atoms with Crippen LogP contribution in [0.1, 0.15) is 44.1 Å². The fraction of sp³-hybridized carbons (Fsp3) is 0.435. The molecule has 25 heavy (non-hydrogen) atoms. The van der Waals surface area contributed by atoms with E-state index in [-0.39, 0.29) is 12.1 Å². The minimum absolute atomic E-state index is 0.274. The molecule has 1 saturated carbocycles. The third-order valence-corrected chi connectivity index (χ3v) is 5.72. The minimum Gasteiger partial charge on any atom is -0.251 e. The Kier molecular flexibility index (Phi) is 5.87. The van der Waals surface area contributed by atoms with Crippen LogP contribution in [0.25, 0.3) is 5.57 Å². The number of alkyl halides is 1. The normalized spacial score (nSPS) is 29.4. The Morgan fingerprint density at radius 2 is 1.92 bits per heavy atom. The number of rotatable bonds is 5. The second-order valence-electron chi connectivity index (χ2n) is 7.23. The molecule has 0 radical (unpaired) electrons. The van der Waals surface area contributed by atoms with Crippen molar-refractivity contribution >= 4 is 5.57 Å². The molecule has 1 aromatic rings. The van der Waals surface area contributed by atoms with Gasteiger partial charge in [0.05, 0.1) is 18.2 Å². The molecule has 0 spiro atoms. The van der Waals surface area contributed by atoms with Crippen molar-refractivity contribution in [3.8, 4) is 6.07 Å². The van der Waals surface area contributed by atoms with Gasteiger partial charge in [-0.05, 0) is 61.5 Å². The quantitative estimate of drug-likeness (QED) is 0.582. The van der Waals surface area contributed by atoms with Gasteiger partial charge in [-0.3, -0.25) is 4.39 Å². The molecule has 1 nitrogen and oxygen atoms in total. The lowest BCUT2D eigenvalue weighted by molar-refractivity contribution is 0.205. The molecule has 2 aliphatic rings. The van der Waals surface area contributed by atoms with E-state index in [0.717, 1.165) is 32.1 Å². The molecule has 0 saturated heterocycles. The van der Waals surface area contributed by atoms with Crippen molar-refractivity contribution in [1.29, 1.82) is 5.26 Å². The van der Waals surface area contributed by atoms with Gasteiger partial charge < -0.3 is 0 Å². The van der Waals surface area contributed by atoms with E-state index in [2.05, 4.69) is 42.5 Å². The summed E-state index contributed by atoms with van der Waals surface area (Å²) < 4.78 is 12.2. The van der Waals surface area contributed by atoms with E-state index in [4.69, 9.17) is 0 Å². The number of hydrogen-bond acceptors (Lipinski definition) is 1. The van der Waals surface area contributed by atoms with Crippen molar-refractivity contribution in [3.63, 3.8) is 0 Å². The summed E-state index contributed by atoms with van der Waals surface area (Å²) in [6, 6.07) is 13.0. The van der Waals surface area contributed by atoms with Gasteiger partial charge >= 0.3 is 0 Å². The number of hydrogen-bond donors (Lipinski definition) is 0. The Labute approximate surface area is 150 Å². The number of benzene rings is 1. The first-order valence-corrected chi connectivity index (χ1v) is 9.36. The van der Waals surface area contributed by atoms with E-state index in [0.29, 0.717) is 18.3 Å². The van der Waals surface area contributed by atoms with Gasteiger partial charge in [0.1, 0.15) is 0 Å². The molecule has 1 fully saturated rings. The van der Waals surface area contributed by atoms with Gasteiger partial charge in [-0.25, -0.2) is 0 Å². The predicted octanol–water partition coefficient (Wildman–Crippen LogP) is 6.26. The summed E-state index contributed by atoms with van der Waals surface area (Å²) in [5, 5.41) is 9.90. The Bertz CT molecular complexity index is 687. The van der Waals surface area contributed by atoms with Crippen molar-refractivity contribution in [2.75, 3.05) is 6.67 Å². The first-order valence-electron chi connectivity index (χ1n) is 9.36. The lowest BCUT2D eigenvalue weighted by Crippen LogP contribution is -2.31. The second-order valence-corrected chi connectivity index (χ2v) is 7.23. The van der Waals surface area contributed by atoms with E-state index in [1.807, 2.05) is 24.3 Å².